The van der Waals surface area contributed by atoms with Gasteiger partial charge in [-0.15, -0.1) is 0 Å². The number of hydrogen-bond donors (Lipinski definition) is 1. The smallest absolute Gasteiger partial charge is 0.239 e. The molecular formula is C22H20O6. The average Bonchev–Trinajstić information content (AvgIpc) is 3.12. The minimum absolute atomic E-state index is 0.0308. The normalized spacial score (nSPS) is 15.2. The van der Waals surface area contributed by atoms with Gasteiger partial charge < -0.3 is 23.7 Å². The summed E-state index contributed by atoms with van der Waals surface area (Å²) in [4.78, 5) is 13.1. The first-order valence-electron chi connectivity index (χ1n) is 8.80. The number of aromatic hydroxyl groups is 1. The van der Waals surface area contributed by atoms with Crippen LogP contribution in [0.25, 0.3) is 22.3 Å². The molecule has 2 heterocycles. The molecule has 0 radical (unpaired) electrons. The molecule has 0 bridgehead atoms. The van der Waals surface area contributed by atoms with Crippen molar-refractivity contribution in [3.8, 4) is 34.3 Å². The second-order valence-corrected chi connectivity index (χ2v) is 6.75. The number of rotatable bonds is 4. The van der Waals surface area contributed by atoms with E-state index in [2.05, 4.69) is 6.58 Å². The molecule has 2 aromatic carbocycles. The molecule has 144 valence electrons. The van der Waals surface area contributed by atoms with E-state index in [4.69, 9.17) is 18.6 Å². The first kappa shape index (κ1) is 18.0. The molecule has 0 fully saturated rings. The Morgan fingerprint density at radius 3 is 2.54 bits per heavy atom. The lowest BCUT2D eigenvalue weighted by Crippen LogP contribution is -2.13. The summed E-state index contributed by atoms with van der Waals surface area (Å²) < 4.78 is 22.4. The van der Waals surface area contributed by atoms with Gasteiger partial charge in [0.2, 0.25) is 11.2 Å². The molecule has 0 saturated heterocycles. The fourth-order valence-electron chi connectivity index (χ4n) is 3.41. The number of fused-ring (bicyclic) bond motifs is 2. The molecule has 1 aliphatic rings. The minimum Gasteiger partial charge on any atom is -0.507 e. The summed E-state index contributed by atoms with van der Waals surface area (Å²) in [6.45, 7) is 5.77. The molecule has 0 spiro atoms. The molecule has 6 nitrogen and oxygen atoms in total. The number of phenolic OH excluding ortho intramolecular Hbond substituents is 1. The molecule has 6 heteroatoms. The van der Waals surface area contributed by atoms with Crippen LogP contribution in [0.15, 0.2) is 51.7 Å². The van der Waals surface area contributed by atoms with Crippen LogP contribution in [-0.2, 0) is 6.42 Å². The number of hydrogen-bond acceptors (Lipinski definition) is 6. The molecule has 1 aliphatic heterocycles. The third kappa shape index (κ3) is 2.69. The predicted molar refractivity (Wildman–Crippen MR) is 106 cm³/mol. The summed E-state index contributed by atoms with van der Waals surface area (Å²) >= 11 is 0. The topological polar surface area (TPSA) is 78.1 Å². The Morgan fingerprint density at radius 2 is 1.93 bits per heavy atom. The van der Waals surface area contributed by atoms with Gasteiger partial charge in [-0.3, -0.25) is 4.79 Å². The third-order valence-corrected chi connectivity index (χ3v) is 4.94. The molecule has 1 unspecified atom stereocenters. The van der Waals surface area contributed by atoms with Crippen LogP contribution in [0.1, 0.15) is 12.5 Å². The van der Waals surface area contributed by atoms with Crippen molar-refractivity contribution in [3.05, 3.63) is 58.3 Å². The molecule has 3 aromatic rings. The number of phenols is 1. The highest BCUT2D eigenvalue weighted by molar-refractivity contribution is 5.90. The fraction of sp³-hybridized carbons (Fsp3) is 0.227. The molecule has 28 heavy (non-hydrogen) atoms. The number of methoxy groups -OCH3 is 2. The lowest BCUT2D eigenvalue weighted by molar-refractivity contribution is 0.271. The molecule has 0 aliphatic carbocycles. The van der Waals surface area contributed by atoms with E-state index in [-0.39, 0.29) is 34.3 Å². The predicted octanol–water partition coefficient (Wildman–Crippen LogP) is 4.06. The van der Waals surface area contributed by atoms with Crippen LogP contribution in [0.5, 0.6) is 23.0 Å². The van der Waals surface area contributed by atoms with E-state index < -0.39 is 5.43 Å². The standard InChI is InChI=1S/C22H20O6/c1-11(2)15-9-14-16(27-15)10-17-18(19(14)23)20(24)22(26-4)21(28-17)12-5-7-13(25-3)8-6-12/h5-8,10,15,23H,1,9H2,2-4H3. The van der Waals surface area contributed by atoms with Crippen molar-refractivity contribution in [3.63, 3.8) is 0 Å². The third-order valence-electron chi connectivity index (χ3n) is 4.94. The summed E-state index contributed by atoms with van der Waals surface area (Å²) in [5, 5.41) is 10.8. The SMILES string of the molecule is C=C(C)C1Cc2c(cc3oc(-c4ccc(OC)cc4)c(OC)c(=O)c3c2O)O1. The van der Waals surface area contributed by atoms with Gasteiger partial charge in [-0.2, -0.15) is 0 Å². The van der Waals surface area contributed by atoms with Crippen LogP contribution in [-0.4, -0.2) is 25.4 Å². The van der Waals surface area contributed by atoms with Crippen LogP contribution >= 0.6 is 0 Å². The Hall–Kier alpha value is -3.41. The Bertz CT molecular complexity index is 1140. The zero-order valence-corrected chi connectivity index (χ0v) is 15.9. The zero-order chi connectivity index (χ0) is 20.0. The Kier molecular flexibility index (Phi) is 4.26. The second-order valence-electron chi connectivity index (χ2n) is 6.75. The van der Waals surface area contributed by atoms with E-state index in [1.807, 2.05) is 6.92 Å². The first-order chi connectivity index (χ1) is 13.4. The maximum Gasteiger partial charge on any atom is 0.239 e. The van der Waals surface area contributed by atoms with Gasteiger partial charge in [0.25, 0.3) is 0 Å². The fourth-order valence-corrected chi connectivity index (χ4v) is 3.41. The summed E-state index contributed by atoms with van der Waals surface area (Å²) in [5.41, 5.74) is 1.86. The van der Waals surface area contributed by atoms with Crippen molar-refractivity contribution in [2.24, 2.45) is 0 Å². The monoisotopic (exact) mass is 380 g/mol. The van der Waals surface area contributed by atoms with E-state index in [1.165, 1.54) is 7.11 Å². The van der Waals surface area contributed by atoms with Gasteiger partial charge in [-0.25, -0.2) is 0 Å². The van der Waals surface area contributed by atoms with Gasteiger partial charge in [0.15, 0.2) is 5.76 Å². The van der Waals surface area contributed by atoms with Gasteiger partial charge in [0.05, 0.1) is 14.2 Å². The minimum atomic E-state index is -0.436. The second kappa shape index (κ2) is 6.64. The molecule has 1 atom stereocenters. The van der Waals surface area contributed by atoms with Crippen molar-refractivity contribution >= 4 is 11.0 Å². The van der Waals surface area contributed by atoms with E-state index in [0.717, 1.165) is 5.57 Å². The van der Waals surface area contributed by atoms with Gasteiger partial charge in [0.1, 0.15) is 34.3 Å². The lowest BCUT2D eigenvalue weighted by Gasteiger charge is -2.12. The maximum atomic E-state index is 13.1. The molecule has 1 aromatic heterocycles. The van der Waals surface area contributed by atoms with Gasteiger partial charge in [-0.05, 0) is 36.8 Å². The van der Waals surface area contributed by atoms with Gasteiger partial charge >= 0.3 is 0 Å². The van der Waals surface area contributed by atoms with Crippen LogP contribution in [0, 0.1) is 0 Å². The van der Waals surface area contributed by atoms with Crippen LogP contribution in [0.4, 0.5) is 0 Å². The highest BCUT2D eigenvalue weighted by atomic mass is 16.5. The lowest BCUT2D eigenvalue weighted by atomic mass is 10.0. The van der Waals surface area contributed by atoms with E-state index >= 15 is 0 Å². The van der Waals surface area contributed by atoms with Crippen molar-refractivity contribution in [2.45, 2.75) is 19.4 Å². The van der Waals surface area contributed by atoms with Crippen LogP contribution < -0.4 is 19.6 Å². The Balaban J connectivity index is 1.95. The van der Waals surface area contributed by atoms with Crippen molar-refractivity contribution < 1.29 is 23.7 Å². The molecule has 0 amide bonds. The van der Waals surface area contributed by atoms with Crippen LogP contribution in [0.3, 0.4) is 0 Å². The summed E-state index contributed by atoms with van der Waals surface area (Å²) in [6, 6.07) is 8.71. The van der Waals surface area contributed by atoms with Gasteiger partial charge in [-0.1, -0.05) is 6.58 Å². The number of benzene rings is 2. The summed E-state index contributed by atoms with van der Waals surface area (Å²) in [5.74, 6) is 1.34. The molecule has 0 saturated carbocycles. The summed E-state index contributed by atoms with van der Waals surface area (Å²) in [6.07, 6.45) is 0.213. The van der Waals surface area contributed by atoms with Crippen molar-refractivity contribution in [2.75, 3.05) is 14.2 Å². The van der Waals surface area contributed by atoms with E-state index in [0.29, 0.717) is 29.0 Å². The van der Waals surface area contributed by atoms with Crippen LogP contribution in [0.2, 0.25) is 0 Å². The highest BCUT2D eigenvalue weighted by Gasteiger charge is 2.30. The Labute approximate surface area is 161 Å². The van der Waals surface area contributed by atoms with Crippen molar-refractivity contribution in [1.29, 1.82) is 0 Å². The average molecular weight is 380 g/mol. The Morgan fingerprint density at radius 1 is 1.21 bits per heavy atom. The first-order valence-corrected chi connectivity index (χ1v) is 8.80. The summed E-state index contributed by atoms with van der Waals surface area (Å²) in [7, 11) is 2.98. The largest absolute Gasteiger partial charge is 0.507 e. The number of ether oxygens (including phenoxy) is 3. The highest BCUT2D eigenvalue weighted by Crippen LogP contribution is 2.43. The van der Waals surface area contributed by atoms with Crippen molar-refractivity contribution in [1.82, 2.24) is 0 Å². The molecule has 1 N–H and O–H groups in total. The zero-order valence-electron chi connectivity index (χ0n) is 15.9. The van der Waals surface area contributed by atoms with Gasteiger partial charge in [0, 0.05) is 23.6 Å². The quantitative estimate of drug-likeness (QED) is 0.688. The van der Waals surface area contributed by atoms with E-state index in [1.54, 1.807) is 37.4 Å². The maximum absolute atomic E-state index is 13.1. The molecule has 4 rings (SSSR count). The molecular weight excluding hydrogens is 360 g/mol. The van der Waals surface area contributed by atoms with E-state index in [9.17, 15) is 9.90 Å².